The lowest BCUT2D eigenvalue weighted by Gasteiger charge is -2.12. The van der Waals surface area contributed by atoms with Gasteiger partial charge < -0.3 is 5.73 Å². The van der Waals surface area contributed by atoms with E-state index in [9.17, 15) is 0 Å². The van der Waals surface area contributed by atoms with Gasteiger partial charge in [0.05, 0.1) is 5.56 Å². The van der Waals surface area contributed by atoms with Crippen LogP contribution in [0.5, 0.6) is 0 Å². The highest BCUT2D eigenvalue weighted by molar-refractivity contribution is 5.83. The van der Waals surface area contributed by atoms with Crippen LogP contribution in [0.3, 0.4) is 0 Å². The number of nitrogens with two attached hydrogens (primary N) is 1. The molecule has 0 spiro atoms. The number of nitrogen functional groups attached to an aromatic ring is 1. The largest absolute Gasteiger partial charge is 0.383 e. The lowest BCUT2D eigenvalue weighted by molar-refractivity contribution is 0.628. The maximum Gasteiger partial charge on any atom is 0.167 e. The fourth-order valence-electron chi connectivity index (χ4n) is 4.47. The van der Waals surface area contributed by atoms with Crippen LogP contribution in [0, 0.1) is 5.92 Å². The number of imidazole rings is 1. The van der Waals surface area contributed by atoms with Crippen LogP contribution in [-0.4, -0.2) is 29.3 Å². The molecular formula is C24H21N7. The van der Waals surface area contributed by atoms with E-state index in [-0.39, 0.29) is 0 Å². The number of rotatable bonds is 3. The third-order valence-corrected chi connectivity index (χ3v) is 5.89. The first-order valence-electron chi connectivity index (χ1n) is 10.4. The van der Waals surface area contributed by atoms with Crippen molar-refractivity contribution >= 4 is 17.0 Å². The van der Waals surface area contributed by atoms with Crippen LogP contribution in [0.2, 0.25) is 0 Å². The van der Waals surface area contributed by atoms with Crippen molar-refractivity contribution in [3.63, 3.8) is 0 Å². The molecule has 1 aliphatic rings. The van der Waals surface area contributed by atoms with Gasteiger partial charge in [-0.3, -0.25) is 4.57 Å². The molecular weight excluding hydrogens is 386 g/mol. The standard InChI is InChI=1S/C24H21N7/c1-15-12-16-5-6-18(14-17(16)13-15)31-23(19-4-2-9-26-22(19)25)28-20-7-8-21(29-24(20)31)30-11-3-10-27-30/h2-11,14-15H,12-13H2,1H3,(H2,25,26). The van der Waals surface area contributed by atoms with E-state index in [0.717, 1.165) is 46.9 Å². The van der Waals surface area contributed by atoms with E-state index in [2.05, 4.69) is 39.8 Å². The molecule has 152 valence electrons. The summed E-state index contributed by atoms with van der Waals surface area (Å²) in [6, 6.07) is 16.2. The second kappa shape index (κ2) is 6.77. The van der Waals surface area contributed by atoms with Crippen LogP contribution in [0.1, 0.15) is 18.1 Å². The first-order valence-corrected chi connectivity index (χ1v) is 10.4. The van der Waals surface area contributed by atoms with Gasteiger partial charge in [0.25, 0.3) is 0 Å². The van der Waals surface area contributed by atoms with E-state index in [1.165, 1.54) is 11.1 Å². The van der Waals surface area contributed by atoms with Crippen LogP contribution < -0.4 is 5.73 Å². The van der Waals surface area contributed by atoms with Crippen molar-refractivity contribution in [2.75, 3.05) is 5.73 Å². The van der Waals surface area contributed by atoms with E-state index >= 15 is 0 Å². The zero-order chi connectivity index (χ0) is 20.9. The fourth-order valence-corrected chi connectivity index (χ4v) is 4.47. The molecule has 1 atom stereocenters. The maximum atomic E-state index is 6.24. The van der Waals surface area contributed by atoms with Crippen molar-refractivity contribution in [1.82, 2.24) is 29.3 Å². The van der Waals surface area contributed by atoms with Crippen molar-refractivity contribution in [3.05, 3.63) is 78.2 Å². The average Bonchev–Trinajstić information content (AvgIpc) is 3.50. The van der Waals surface area contributed by atoms with Crippen molar-refractivity contribution in [3.8, 4) is 22.9 Å². The minimum absolute atomic E-state index is 0.445. The second-order valence-electron chi connectivity index (χ2n) is 8.14. The number of hydrogen-bond donors (Lipinski definition) is 1. The third kappa shape index (κ3) is 2.89. The summed E-state index contributed by atoms with van der Waals surface area (Å²) in [7, 11) is 0. The van der Waals surface area contributed by atoms with Gasteiger partial charge in [0.2, 0.25) is 0 Å². The Morgan fingerprint density at radius 2 is 1.87 bits per heavy atom. The van der Waals surface area contributed by atoms with Crippen LogP contribution >= 0.6 is 0 Å². The third-order valence-electron chi connectivity index (χ3n) is 5.89. The van der Waals surface area contributed by atoms with Crippen LogP contribution in [0.4, 0.5) is 5.82 Å². The summed E-state index contributed by atoms with van der Waals surface area (Å²) < 4.78 is 3.83. The highest BCUT2D eigenvalue weighted by atomic mass is 15.3. The fraction of sp³-hybridized carbons (Fsp3) is 0.167. The Balaban J connectivity index is 1.63. The van der Waals surface area contributed by atoms with Crippen LogP contribution in [0.25, 0.3) is 34.1 Å². The van der Waals surface area contributed by atoms with Gasteiger partial charge in [0.15, 0.2) is 17.3 Å². The number of fused-ring (bicyclic) bond motifs is 2. The molecule has 4 aromatic heterocycles. The van der Waals surface area contributed by atoms with E-state index < -0.39 is 0 Å². The summed E-state index contributed by atoms with van der Waals surface area (Å²) in [5, 5.41) is 4.32. The Morgan fingerprint density at radius 3 is 2.71 bits per heavy atom. The minimum Gasteiger partial charge on any atom is -0.383 e. The zero-order valence-corrected chi connectivity index (χ0v) is 17.1. The number of anilines is 1. The second-order valence-corrected chi connectivity index (χ2v) is 8.14. The summed E-state index contributed by atoms with van der Waals surface area (Å²) in [5.74, 6) is 2.58. The summed E-state index contributed by atoms with van der Waals surface area (Å²) in [6.45, 7) is 2.30. The van der Waals surface area contributed by atoms with E-state index in [4.69, 9.17) is 15.7 Å². The molecule has 0 bridgehead atoms. The quantitative estimate of drug-likeness (QED) is 0.489. The Kier molecular flexibility index (Phi) is 3.89. The summed E-state index contributed by atoms with van der Waals surface area (Å²) in [5.41, 5.74) is 12.4. The summed E-state index contributed by atoms with van der Waals surface area (Å²) >= 11 is 0. The van der Waals surface area contributed by atoms with Gasteiger partial charge >= 0.3 is 0 Å². The smallest absolute Gasteiger partial charge is 0.167 e. The molecule has 2 N–H and O–H groups in total. The summed E-state index contributed by atoms with van der Waals surface area (Å²) in [4.78, 5) is 14.1. The molecule has 4 heterocycles. The average molecular weight is 407 g/mol. The topological polar surface area (TPSA) is 87.4 Å². The lowest BCUT2D eigenvalue weighted by atomic mass is 10.1. The monoisotopic (exact) mass is 407 g/mol. The number of benzene rings is 1. The predicted octanol–water partition coefficient (Wildman–Crippen LogP) is 3.99. The van der Waals surface area contributed by atoms with E-state index in [1.807, 2.05) is 36.5 Å². The number of nitrogens with zero attached hydrogens (tertiary/aromatic N) is 6. The maximum absolute atomic E-state index is 6.24. The van der Waals surface area contributed by atoms with Crippen molar-refractivity contribution in [2.24, 2.45) is 5.92 Å². The van der Waals surface area contributed by atoms with Gasteiger partial charge in [0, 0.05) is 24.3 Å². The molecule has 5 aromatic rings. The molecule has 0 fully saturated rings. The van der Waals surface area contributed by atoms with Crippen LogP contribution in [-0.2, 0) is 12.8 Å². The molecule has 7 heteroatoms. The van der Waals surface area contributed by atoms with Gasteiger partial charge in [-0.1, -0.05) is 13.0 Å². The van der Waals surface area contributed by atoms with Crippen LogP contribution in [0.15, 0.2) is 67.1 Å². The Bertz CT molecular complexity index is 1420. The molecule has 6 rings (SSSR count). The van der Waals surface area contributed by atoms with E-state index in [1.54, 1.807) is 17.1 Å². The molecule has 0 amide bonds. The van der Waals surface area contributed by atoms with Gasteiger partial charge in [0.1, 0.15) is 11.3 Å². The highest BCUT2D eigenvalue weighted by Gasteiger charge is 2.22. The Morgan fingerprint density at radius 1 is 0.968 bits per heavy atom. The Hall–Kier alpha value is -4.00. The normalized spacial score (nSPS) is 15.5. The molecule has 1 aromatic carbocycles. The molecule has 0 saturated carbocycles. The molecule has 7 nitrogen and oxygen atoms in total. The van der Waals surface area contributed by atoms with Crippen molar-refractivity contribution < 1.29 is 0 Å². The van der Waals surface area contributed by atoms with E-state index in [0.29, 0.717) is 11.7 Å². The van der Waals surface area contributed by atoms with Gasteiger partial charge in [-0.25, -0.2) is 19.6 Å². The molecule has 0 radical (unpaired) electrons. The van der Waals surface area contributed by atoms with Crippen molar-refractivity contribution in [1.29, 1.82) is 0 Å². The zero-order valence-electron chi connectivity index (χ0n) is 17.1. The SMILES string of the molecule is CC1Cc2ccc(-n3c(-c4cccnc4N)nc4ccc(-n5cccn5)nc43)cc2C1. The predicted molar refractivity (Wildman–Crippen MR) is 120 cm³/mol. The molecule has 31 heavy (non-hydrogen) atoms. The molecule has 0 aliphatic heterocycles. The summed E-state index contributed by atoms with van der Waals surface area (Å²) in [6.07, 6.45) is 7.53. The number of pyridine rings is 2. The number of hydrogen-bond acceptors (Lipinski definition) is 5. The lowest BCUT2D eigenvalue weighted by Crippen LogP contribution is -2.04. The van der Waals surface area contributed by atoms with Gasteiger partial charge in [-0.05, 0) is 72.4 Å². The minimum atomic E-state index is 0.445. The molecule has 0 saturated heterocycles. The van der Waals surface area contributed by atoms with Gasteiger partial charge in [-0.2, -0.15) is 5.10 Å². The van der Waals surface area contributed by atoms with Gasteiger partial charge in [-0.15, -0.1) is 0 Å². The first kappa shape index (κ1) is 17.8. The Labute approximate surface area is 179 Å². The molecule has 1 unspecified atom stereocenters. The first-order chi connectivity index (χ1) is 15.2. The number of aromatic nitrogens is 6. The molecule has 1 aliphatic carbocycles. The van der Waals surface area contributed by atoms with Crippen molar-refractivity contribution in [2.45, 2.75) is 19.8 Å². The highest BCUT2D eigenvalue weighted by Crippen LogP contribution is 2.33.